The fourth-order valence-corrected chi connectivity index (χ4v) is 3.98. The second kappa shape index (κ2) is 9.82. The first-order valence-corrected chi connectivity index (χ1v) is 11.0. The van der Waals surface area contributed by atoms with Gasteiger partial charge in [0.2, 0.25) is 0 Å². The second-order valence-corrected chi connectivity index (χ2v) is 8.45. The lowest BCUT2D eigenvalue weighted by Gasteiger charge is -2.41. The number of alkyl halides is 6. The van der Waals surface area contributed by atoms with Crippen LogP contribution in [0.5, 0.6) is 5.75 Å². The Balaban J connectivity index is 1.71. The number of aryl methyl sites for hydroxylation is 1. The van der Waals surface area contributed by atoms with E-state index < -0.39 is 36.6 Å². The molecule has 3 heterocycles. The van der Waals surface area contributed by atoms with E-state index in [4.69, 9.17) is 4.74 Å². The molecule has 1 aliphatic heterocycles. The number of rotatable bonds is 7. The van der Waals surface area contributed by atoms with Gasteiger partial charge in [0, 0.05) is 19.0 Å². The number of carbonyl (C=O) groups is 1. The summed E-state index contributed by atoms with van der Waals surface area (Å²) in [5, 5.41) is 15.0. The lowest BCUT2D eigenvalue weighted by atomic mass is 9.77. The first-order chi connectivity index (χ1) is 17.4. The molecule has 2 N–H and O–H groups in total. The summed E-state index contributed by atoms with van der Waals surface area (Å²) < 4.78 is 86.2. The number of carbonyl (C=O) groups excluding carboxylic acids is 1. The Morgan fingerprint density at radius 3 is 2.35 bits per heavy atom. The number of halogens is 6. The molecule has 0 saturated carbocycles. The minimum Gasteiger partial charge on any atom is -0.494 e. The van der Waals surface area contributed by atoms with Crippen molar-refractivity contribution in [1.29, 1.82) is 0 Å². The van der Waals surface area contributed by atoms with Gasteiger partial charge in [-0.15, -0.1) is 5.10 Å². The number of tetrazole rings is 1. The highest BCUT2D eigenvalue weighted by Crippen LogP contribution is 2.49. The number of nitrogens with zero attached hydrogens (tertiary/aromatic N) is 4. The van der Waals surface area contributed by atoms with Crippen LogP contribution in [0.25, 0.3) is 11.1 Å². The largest absolute Gasteiger partial charge is 0.494 e. The molecule has 0 fully saturated rings. The van der Waals surface area contributed by atoms with Crippen molar-refractivity contribution >= 4 is 17.1 Å². The average Bonchev–Trinajstić information content (AvgIpc) is 3.35. The molecular formula is C23H20F6N6O2. The summed E-state index contributed by atoms with van der Waals surface area (Å²) >= 11 is 0. The zero-order valence-corrected chi connectivity index (χ0v) is 19.2. The molecule has 3 aromatic rings. The van der Waals surface area contributed by atoms with Crippen molar-refractivity contribution in [3.05, 3.63) is 65.2 Å². The van der Waals surface area contributed by atoms with E-state index >= 15 is 0 Å². The van der Waals surface area contributed by atoms with Crippen molar-refractivity contribution in [3.63, 3.8) is 0 Å². The lowest BCUT2D eigenvalue weighted by molar-refractivity contribution is -0.201. The van der Waals surface area contributed by atoms with Gasteiger partial charge in [0.1, 0.15) is 5.75 Å². The van der Waals surface area contributed by atoms with Crippen LogP contribution < -0.4 is 10.1 Å². The van der Waals surface area contributed by atoms with Gasteiger partial charge in [-0.3, -0.25) is 9.78 Å². The first-order valence-electron chi connectivity index (χ1n) is 11.0. The van der Waals surface area contributed by atoms with E-state index in [1.165, 1.54) is 24.4 Å². The smallest absolute Gasteiger partial charge is 0.416 e. The number of ether oxygens (including phenoxy) is 1. The van der Waals surface area contributed by atoms with Crippen LogP contribution in [0.2, 0.25) is 0 Å². The van der Waals surface area contributed by atoms with Crippen molar-refractivity contribution in [3.8, 4) is 5.75 Å². The van der Waals surface area contributed by atoms with E-state index in [0.717, 1.165) is 17.7 Å². The Hall–Kier alpha value is -3.97. The molecule has 1 amide bonds. The van der Waals surface area contributed by atoms with Crippen LogP contribution in [-0.4, -0.2) is 50.5 Å². The number of nitrogens with one attached hydrogen (secondary N) is 2. The summed E-state index contributed by atoms with van der Waals surface area (Å²) in [6, 6.07) is 7.82. The molecule has 14 heteroatoms. The zero-order chi connectivity index (χ0) is 26.8. The van der Waals surface area contributed by atoms with Gasteiger partial charge in [-0.1, -0.05) is 18.2 Å². The number of hydrogen-bond donors (Lipinski definition) is 2. The second-order valence-electron chi connectivity index (χ2n) is 8.45. The molecule has 1 aliphatic rings. The monoisotopic (exact) mass is 526 g/mol. The summed E-state index contributed by atoms with van der Waals surface area (Å²) in [5.41, 5.74) is -2.42. The Kier molecular flexibility index (Phi) is 6.93. The summed E-state index contributed by atoms with van der Waals surface area (Å²) in [7, 11) is 0. The van der Waals surface area contributed by atoms with E-state index in [-0.39, 0.29) is 47.0 Å². The molecule has 1 atom stereocenters. The molecule has 8 nitrogen and oxygen atoms in total. The molecule has 0 bridgehead atoms. The van der Waals surface area contributed by atoms with Crippen molar-refractivity contribution < 1.29 is 35.9 Å². The molecule has 4 rings (SSSR count). The predicted octanol–water partition coefficient (Wildman–Crippen LogP) is 4.51. The first kappa shape index (κ1) is 26.1. The number of benzene rings is 1. The molecule has 37 heavy (non-hydrogen) atoms. The van der Waals surface area contributed by atoms with E-state index in [0.29, 0.717) is 0 Å². The minimum atomic E-state index is -4.95. The summed E-state index contributed by atoms with van der Waals surface area (Å²) in [4.78, 5) is 17.4. The SMILES string of the molecule is Cc1ccc(C2=C(c3nnn[nH]3)C(=O)NC(c3ccc(OCCCC(F)(F)F)cc3)(C(F)(F)F)C2)nc1. The maximum atomic E-state index is 14.7. The molecule has 0 saturated heterocycles. The third kappa shape index (κ3) is 5.57. The summed E-state index contributed by atoms with van der Waals surface area (Å²) in [6.45, 7) is 1.49. The van der Waals surface area contributed by atoms with Gasteiger partial charge in [0.15, 0.2) is 11.4 Å². The Morgan fingerprint density at radius 2 is 1.78 bits per heavy atom. The minimum absolute atomic E-state index is 0.0212. The number of aromatic nitrogens is 5. The van der Waals surface area contributed by atoms with Crippen LogP contribution in [0, 0.1) is 6.92 Å². The van der Waals surface area contributed by atoms with E-state index in [1.807, 2.05) is 0 Å². The van der Waals surface area contributed by atoms with E-state index in [1.54, 1.807) is 13.0 Å². The standard InChI is InChI=1S/C23H20F6N6O2/c1-13-3-8-17(30-12-13)16-11-21(23(27,28)29,31-20(36)18(16)19-32-34-35-33-19)14-4-6-15(7-5-14)37-10-2-9-22(24,25)26/h3-8,12H,2,9-11H2,1H3,(H,31,36)(H,32,33,34,35). The number of H-pyrrole nitrogens is 1. The fourth-order valence-electron chi connectivity index (χ4n) is 3.98. The predicted molar refractivity (Wildman–Crippen MR) is 118 cm³/mol. The van der Waals surface area contributed by atoms with Crippen molar-refractivity contribution in [1.82, 2.24) is 30.9 Å². The summed E-state index contributed by atoms with van der Waals surface area (Å²) in [5.74, 6) is -1.09. The number of hydrogen-bond acceptors (Lipinski definition) is 6. The molecule has 0 spiro atoms. The molecular weight excluding hydrogens is 506 g/mol. The molecule has 0 aliphatic carbocycles. The van der Waals surface area contributed by atoms with Gasteiger partial charge in [-0.05, 0) is 58.7 Å². The van der Waals surface area contributed by atoms with Crippen LogP contribution in [0.4, 0.5) is 26.3 Å². The third-order valence-electron chi connectivity index (χ3n) is 5.80. The zero-order valence-electron chi connectivity index (χ0n) is 19.2. The van der Waals surface area contributed by atoms with Gasteiger partial charge < -0.3 is 10.1 Å². The van der Waals surface area contributed by atoms with Gasteiger partial charge in [0.25, 0.3) is 5.91 Å². The van der Waals surface area contributed by atoms with Crippen LogP contribution in [0.1, 0.15) is 41.9 Å². The van der Waals surface area contributed by atoms with Crippen molar-refractivity contribution in [2.24, 2.45) is 0 Å². The highest BCUT2D eigenvalue weighted by Gasteiger charge is 2.60. The average molecular weight is 526 g/mol. The lowest BCUT2D eigenvalue weighted by Crippen LogP contribution is -2.58. The van der Waals surface area contributed by atoms with Gasteiger partial charge >= 0.3 is 12.4 Å². The van der Waals surface area contributed by atoms with Crippen molar-refractivity contribution in [2.45, 2.75) is 44.1 Å². The van der Waals surface area contributed by atoms with Crippen LogP contribution in [0.3, 0.4) is 0 Å². The van der Waals surface area contributed by atoms with E-state index in [9.17, 15) is 31.1 Å². The topological polar surface area (TPSA) is 106 Å². The quantitative estimate of drug-likeness (QED) is 0.347. The molecule has 196 valence electrons. The molecule has 2 aromatic heterocycles. The van der Waals surface area contributed by atoms with Crippen molar-refractivity contribution in [2.75, 3.05) is 6.61 Å². The van der Waals surface area contributed by atoms with E-state index in [2.05, 4.69) is 30.9 Å². The summed E-state index contributed by atoms with van der Waals surface area (Å²) in [6.07, 6.45) is -9.88. The Labute approximate surface area is 206 Å². The normalized spacial score (nSPS) is 18.6. The number of aromatic amines is 1. The Bertz CT molecular complexity index is 1270. The fraction of sp³-hybridized carbons (Fsp3) is 0.348. The maximum Gasteiger partial charge on any atom is 0.416 e. The van der Waals surface area contributed by atoms with Crippen LogP contribution in [-0.2, 0) is 10.3 Å². The van der Waals surface area contributed by atoms with Crippen LogP contribution >= 0.6 is 0 Å². The molecule has 1 unspecified atom stereocenters. The highest BCUT2D eigenvalue weighted by atomic mass is 19.4. The number of amides is 1. The van der Waals surface area contributed by atoms with Gasteiger partial charge in [-0.25, -0.2) is 5.10 Å². The molecule has 0 radical (unpaired) electrons. The number of pyridine rings is 1. The maximum absolute atomic E-state index is 14.7. The Morgan fingerprint density at radius 1 is 1.05 bits per heavy atom. The molecule has 1 aromatic carbocycles. The van der Waals surface area contributed by atoms with Gasteiger partial charge in [-0.2, -0.15) is 26.3 Å². The van der Waals surface area contributed by atoms with Gasteiger partial charge in [0.05, 0.1) is 17.9 Å². The third-order valence-corrected chi connectivity index (χ3v) is 5.80. The van der Waals surface area contributed by atoms with Crippen LogP contribution in [0.15, 0.2) is 42.6 Å². The highest BCUT2D eigenvalue weighted by molar-refractivity contribution is 6.27.